The normalized spacial score (nSPS) is 13.2. The molecule has 63 heavy (non-hydrogen) atoms. The van der Waals surface area contributed by atoms with E-state index in [2.05, 4.69) is 231 Å². The van der Waals surface area contributed by atoms with Gasteiger partial charge in [0.1, 0.15) is 0 Å². The average molecular weight is 795 g/mol. The molecule has 0 atom stereocenters. The first-order chi connectivity index (χ1) is 31.3. The van der Waals surface area contributed by atoms with Crippen LogP contribution < -0.4 is 0 Å². The molecule has 12 aromatic rings. The van der Waals surface area contributed by atoms with E-state index in [0.717, 1.165) is 0 Å². The van der Waals surface area contributed by atoms with Crippen LogP contribution in [0, 0.1) is 0 Å². The lowest BCUT2D eigenvalue weighted by Crippen LogP contribution is -2.26. The molecule has 0 nitrogen and oxygen atoms in total. The van der Waals surface area contributed by atoms with Gasteiger partial charge in [-0.25, -0.2) is 0 Å². The Morgan fingerprint density at radius 1 is 0.206 bits per heavy atom. The molecule has 14 rings (SSSR count). The smallest absolute Gasteiger partial charge is 0.0622 e. The summed E-state index contributed by atoms with van der Waals surface area (Å²) in [6, 6.07) is 86.6. The first-order valence-electron chi connectivity index (χ1n) is 22.1. The third-order valence-corrected chi connectivity index (χ3v) is 14.4. The summed E-state index contributed by atoms with van der Waals surface area (Å²) in [6.07, 6.45) is 0. The van der Waals surface area contributed by atoms with Crippen molar-refractivity contribution in [1.82, 2.24) is 0 Å². The van der Waals surface area contributed by atoms with Crippen molar-refractivity contribution in [3.8, 4) is 55.6 Å². The highest BCUT2D eigenvalue weighted by atomic mass is 14.5. The summed E-state index contributed by atoms with van der Waals surface area (Å²) in [4.78, 5) is 0. The van der Waals surface area contributed by atoms with Crippen LogP contribution in [-0.2, 0) is 5.41 Å². The van der Waals surface area contributed by atoms with Crippen LogP contribution in [0.15, 0.2) is 231 Å². The van der Waals surface area contributed by atoms with Gasteiger partial charge in [0.05, 0.1) is 5.41 Å². The standard InChI is InChI=1S/C63H38/c1-2-19-39(20-3-1)58-49-30-9-11-32-51(49)59(52-33-12-10-31-50(52)58)41-22-18-21-40(37-41)54-38-57-60(47-28-7-5-25-44(47)54)61-48-29-8-4-23-42(48)43-24-6-13-34-53(43)62(61)63(57)55-35-16-14-26-45(55)46-27-15-17-36-56(46)63/h1-38H. The fraction of sp³-hybridized carbons (Fsp3) is 0.0159. The Bertz CT molecular complexity index is 3800. The van der Waals surface area contributed by atoms with Crippen molar-refractivity contribution in [2.45, 2.75) is 5.41 Å². The summed E-state index contributed by atoms with van der Waals surface area (Å²) in [5.41, 5.74) is 17.8. The van der Waals surface area contributed by atoms with Crippen LogP contribution in [0.5, 0.6) is 0 Å². The molecule has 0 N–H and O–H groups in total. The molecule has 0 saturated carbocycles. The molecule has 0 heteroatoms. The van der Waals surface area contributed by atoms with Gasteiger partial charge in [-0.05, 0) is 144 Å². The summed E-state index contributed by atoms with van der Waals surface area (Å²) in [7, 11) is 0. The fourth-order valence-corrected chi connectivity index (χ4v) is 12.1. The van der Waals surface area contributed by atoms with E-state index < -0.39 is 5.41 Å². The zero-order chi connectivity index (χ0) is 41.2. The average Bonchev–Trinajstić information content (AvgIpc) is 3.84. The predicted octanol–water partition coefficient (Wildman–Crippen LogP) is 16.8. The first kappa shape index (κ1) is 34.6. The Balaban J connectivity index is 1.11. The second-order valence-corrected chi connectivity index (χ2v) is 17.4. The number of rotatable bonds is 3. The Kier molecular flexibility index (Phi) is 7.13. The maximum atomic E-state index is 2.59. The van der Waals surface area contributed by atoms with Gasteiger partial charge in [0.25, 0.3) is 0 Å². The Morgan fingerprint density at radius 2 is 0.603 bits per heavy atom. The maximum Gasteiger partial charge on any atom is 0.0732 e. The monoisotopic (exact) mass is 794 g/mol. The molecule has 0 aromatic heterocycles. The number of benzene rings is 12. The molecule has 0 amide bonds. The zero-order valence-corrected chi connectivity index (χ0v) is 34.4. The van der Waals surface area contributed by atoms with Gasteiger partial charge >= 0.3 is 0 Å². The Morgan fingerprint density at radius 3 is 1.19 bits per heavy atom. The molecule has 0 fully saturated rings. The van der Waals surface area contributed by atoms with Gasteiger partial charge < -0.3 is 0 Å². The molecule has 2 aliphatic carbocycles. The highest BCUT2D eigenvalue weighted by Gasteiger charge is 2.53. The SMILES string of the molecule is c1ccc(-c2c3ccccc3c(-c3cccc(-c4cc5c(c6ccccc46)-c4c(c6ccccc6c6ccccc46)C54c5ccccc5-c5ccccc54)c3)c3ccccc23)cc1. The molecule has 1 spiro atoms. The van der Waals surface area contributed by atoms with Crippen LogP contribution in [0.3, 0.4) is 0 Å². The van der Waals surface area contributed by atoms with Crippen LogP contribution in [0.2, 0.25) is 0 Å². The van der Waals surface area contributed by atoms with Crippen LogP contribution >= 0.6 is 0 Å². The van der Waals surface area contributed by atoms with E-state index in [-0.39, 0.29) is 0 Å². The van der Waals surface area contributed by atoms with Crippen molar-refractivity contribution in [2.75, 3.05) is 0 Å². The third-order valence-electron chi connectivity index (χ3n) is 14.4. The molecule has 0 heterocycles. The van der Waals surface area contributed by atoms with Gasteiger partial charge in [-0.2, -0.15) is 0 Å². The summed E-state index contributed by atoms with van der Waals surface area (Å²) < 4.78 is 0. The van der Waals surface area contributed by atoms with Gasteiger partial charge in [-0.15, -0.1) is 0 Å². The van der Waals surface area contributed by atoms with Crippen LogP contribution in [0.4, 0.5) is 0 Å². The van der Waals surface area contributed by atoms with Crippen LogP contribution in [0.1, 0.15) is 22.3 Å². The van der Waals surface area contributed by atoms with Crippen molar-refractivity contribution < 1.29 is 0 Å². The number of hydrogen-bond donors (Lipinski definition) is 0. The molecule has 0 radical (unpaired) electrons. The van der Waals surface area contributed by atoms with Gasteiger partial charge in [-0.1, -0.05) is 218 Å². The van der Waals surface area contributed by atoms with E-state index in [1.807, 2.05) is 0 Å². The topological polar surface area (TPSA) is 0 Å². The van der Waals surface area contributed by atoms with E-state index in [1.165, 1.54) is 132 Å². The first-order valence-corrected chi connectivity index (χ1v) is 22.1. The molecule has 0 saturated heterocycles. The number of hydrogen-bond acceptors (Lipinski definition) is 0. The summed E-state index contributed by atoms with van der Waals surface area (Å²) in [5, 5.41) is 12.8. The van der Waals surface area contributed by atoms with Crippen molar-refractivity contribution in [2.24, 2.45) is 0 Å². The molecule has 0 unspecified atom stereocenters. The second-order valence-electron chi connectivity index (χ2n) is 17.4. The van der Waals surface area contributed by atoms with Crippen molar-refractivity contribution in [3.05, 3.63) is 253 Å². The quantitative estimate of drug-likeness (QED) is 0.123. The Labute approximate surface area is 366 Å². The van der Waals surface area contributed by atoms with Crippen molar-refractivity contribution >= 4 is 53.9 Å². The van der Waals surface area contributed by atoms with Crippen LogP contribution in [-0.4, -0.2) is 0 Å². The van der Waals surface area contributed by atoms with E-state index in [9.17, 15) is 0 Å². The van der Waals surface area contributed by atoms with Gasteiger partial charge in [-0.3, -0.25) is 0 Å². The highest BCUT2D eigenvalue weighted by Crippen LogP contribution is 2.67. The Hall–Kier alpha value is -8.06. The largest absolute Gasteiger partial charge is 0.0732 e. The number of fused-ring (bicyclic) bond motifs is 19. The highest BCUT2D eigenvalue weighted by molar-refractivity contribution is 6.25. The van der Waals surface area contributed by atoms with Gasteiger partial charge in [0, 0.05) is 0 Å². The minimum Gasteiger partial charge on any atom is -0.0622 e. The zero-order valence-electron chi connectivity index (χ0n) is 34.4. The lowest BCUT2D eigenvalue weighted by molar-refractivity contribution is 0.803. The maximum absolute atomic E-state index is 2.59. The van der Waals surface area contributed by atoms with Crippen molar-refractivity contribution in [1.29, 1.82) is 0 Å². The van der Waals surface area contributed by atoms with E-state index >= 15 is 0 Å². The van der Waals surface area contributed by atoms with Gasteiger partial charge in [0.2, 0.25) is 0 Å². The van der Waals surface area contributed by atoms with E-state index in [1.54, 1.807) is 0 Å². The lowest BCUT2D eigenvalue weighted by atomic mass is 9.68. The van der Waals surface area contributed by atoms with E-state index in [4.69, 9.17) is 0 Å². The second kappa shape index (κ2) is 13.0. The molecule has 0 bridgehead atoms. The molecular formula is C63H38. The molecule has 12 aromatic carbocycles. The molecular weight excluding hydrogens is 757 g/mol. The van der Waals surface area contributed by atoms with Gasteiger partial charge in [0.15, 0.2) is 0 Å². The lowest BCUT2D eigenvalue weighted by Gasteiger charge is -2.32. The van der Waals surface area contributed by atoms with Crippen molar-refractivity contribution in [3.63, 3.8) is 0 Å². The minimum absolute atomic E-state index is 0.530. The third kappa shape index (κ3) is 4.54. The predicted molar refractivity (Wildman–Crippen MR) is 267 cm³/mol. The molecule has 0 aliphatic heterocycles. The summed E-state index contributed by atoms with van der Waals surface area (Å²) in [5.74, 6) is 0. The summed E-state index contributed by atoms with van der Waals surface area (Å²) in [6.45, 7) is 0. The fourth-order valence-electron chi connectivity index (χ4n) is 12.1. The molecule has 2 aliphatic rings. The molecule has 290 valence electrons. The minimum atomic E-state index is -0.530. The van der Waals surface area contributed by atoms with E-state index in [0.29, 0.717) is 0 Å². The summed E-state index contributed by atoms with van der Waals surface area (Å²) >= 11 is 0. The van der Waals surface area contributed by atoms with Crippen LogP contribution in [0.25, 0.3) is 109 Å².